The molecule has 0 saturated carbocycles. The number of anilines is 1. The number of imidazole rings is 1. The predicted octanol–water partition coefficient (Wildman–Crippen LogP) is 4.68. The first-order valence-corrected chi connectivity index (χ1v) is 13.5. The topological polar surface area (TPSA) is 52.8 Å². The first kappa shape index (κ1) is 24.7. The average Bonchev–Trinajstić information content (AvgIpc) is 3.65. The largest absolute Gasteiger partial charge is 0.319 e. The second kappa shape index (κ2) is 9.71. The summed E-state index contributed by atoms with van der Waals surface area (Å²) in [4.78, 5) is 19.8. The molecule has 6 heterocycles. The summed E-state index contributed by atoms with van der Waals surface area (Å²) < 4.78 is 58.8. The number of alkyl halides is 2. The molecule has 3 aromatic rings. The molecule has 0 bridgehead atoms. The van der Waals surface area contributed by atoms with E-state index in [-0.39, 0.29) is 35.4 Å². The fourth-order valence-corrected chi connectivity index (χ4v) is 6.50. The Morgan fingerprint density at radius 3 is 2.74 bits per heavy atom. The van der Waals surface area contributed by atoms with Crippen molar-refractivity contribution < 1.29 is 17.6 Å². The molecule has 0 radical (unpaired) electrons. The van der Waals surface area contributed by atoms with Crippen LogP contribution in [0.5, 0.6) is 0 Å². The van der Waals surface area contributed by atoms with Crippen LogP contribution in [-0.2, 0) is 13.0 Å². The maximum atomic E-state index is 15.3. The van der Waals surface area contributed by atoms with Gasteiger partial charge in [0.1, 0.15) is 29.5 Å². The van der Waals surface area contributed by atoms with Gasteiger partial charge >= 0.3 is 0 Å². The zero-order chi connectivity index (χ0) is 26.7. The van der Waals surface area contributed by atoms with Gasteiger partial charge in [0, 0.05) is 56.6 Å². The van der Waals surface area contributed by atoms with Gasteiger partial charge < -0.3 is 9.47 Å². The summed E-state index contributed by atoms with van der Waals surface area (Å²) in [5.41, 5.74) is 1.55. The van der Waals surface area contributed by atoms with Gasteiger partial charge in [-0.15, -0.1) is 0 Å². The van der Waals surface area contributed by atoms with Crippen molar-refractivity contribution >= 4 is 22.6 Å². The Kier molecular flexibility index (Phi) is 6.15. The molecule has 2 atom stereocenters. The van der Waals surface area contributed by atoms with Gasteiger partial charge in [0.2, 0.25) is 0 Å². The SMILES string of the molecule is FC1=CN(c2ccc(CN3CCN4CCC[C@@H]4C3)cn2)CN=C1c1cc(F)c2nc3n(c2c1)[C@H](C(F)F)CC3. The van der Waals surface area contributed by atoms with Crippen molar-refractivity contribution in [2.24, 2.45) is 4.99 Å². The monoisotopic (exact) mass is 539 g/mol. The number of aliphatic imine (C=N–C) groups is 1. The summed E-state index contributed by atoms with van der Waals surface area (Å²) in [7, 11) is 0. The Labute approximate surface area is 223 Å². The maximum absolute atomic E-state index is 15.3. The van der Waals surface area contributed by atoms with E-state index in [1.54, 1.807) is 4.90 Å². The second-order valence-electron chi connectivity index (χ2n) is 10.9. The summed E-state index contributed by atoms with van der Waals surface area (Å²) in [6.45, 7) is 5.39. The highest BCUT2D eigenvalue weighted by Crippen LogP contribution is 2.36. The molecule has 39 heavy (non-hydrogen) atoms. The summed E-state index contributed by atoms with van der Waals surface area (Å²) >= 11 is 0. The van der Waals surface area contributed by atoms with Crippen LogP contribution >= 0.6 is 0 Å². The van der Waals surface area contributed by atoms with Gasteiger partial charge in [-0.3, -0.25) is 14.8 Å². The highest BCUT2D eigenvalue weighted by Gasteiger charge is 2.34. The number of allylic oxidation sites excluding steroid dienone is 1. The molecule has 4 aliphatic rings. The van der Waals surface area contributed by atoms with Crippen molar-refractivity contribution in [3.05, 3.63) is 65.3 Å². The van der Waals surface area contributed by atoms with Gasteiger partial charge in [-0.25, -0.2) is 27.5 Å². The molecule has 204 valence electrons. The summed E-state index contributed by atoms with van der Waals surface area (Å²) in [5, 5.41) is 0. The third kappa shape index (κ3) is 4.41. The molecule has 2 saturated heterocycles. The molecule has 7 nitrogen and oxygen atoms in total. The van der Waals surface area contributed by atoms with Crippen LogP contribution in [0.1, 0.15) is 42.3 Å². The number of rotatable bonds is 5. The molecule has 1 aromatic carbocycles. The van der Waals surface area contributed by atoms with Gasteiger partial charge in [0.15, 0.2) is 11.6 Å². The van der Waals surface area contributed by atoms with Gasteiger partial charge in [0.05, 0.1) is 11.6 Å². The van der Waals surface area contributed by atoms with Crippen LogP contribution in [0, 0.1) is 5.82 Å². The number of hydrogen-bond donors (Lipinski definition) is 0. The number of benzene rings is 1. The van der Waals surface area contributed by atoms with E-state index in [0.717, 1.165) is 31.7 Å². The van der Waals surface area contributed by atoms with E-state index in [2.05, 4.69) is 24.8 Å². The molecule has 0 N–H and O–H groups in total. The molecule has 2 fully saturated rings. The van der Waals surface area contributed by atoms with E-state index < -0.39 is 24.1 Å². The van der Waals surface area contributed by atoms with Crippen molar-refractivity contribution in [1.29, 1.82) is 0 Å². The molecule has 0 unspecified atom stereocenters. The molecule has 7 rings (SSSR count). The number of aryl methyl sites for hydroxylation is 1. The van der Waals surface area contributed by atoms with Gasteiger partial charge in [-0.05, 0) is 49.6 Å². The Bertz CT molecular complexity index is 1460. The van der Waals surface area contributed by atoms with E-state index >= 15 is 4.39 Å². The molecular formula is C28H29F4N7. The summed E-state index contributed by atoms with van der Waals surface area (Å²) in [5.74, 6) is -0.337. The Hall–Kier alpha value is -3.31. The fraction of sp³-hybridized carbons (Fsp3) is 0.464. The first-order chi connectivity index (χ1) is 18.9. The van der Waals surface area contributed by atoms with E-state index in [4.69, 9.17) is 0 Å². The summed E-state index contributed by atoms with van der Waals surface area (Å²) in [6, 6.07) is 6.15. The van der Waals surface area contributed by atoms with Crippen molar-refractivity contribution in [3.63, 3.8) is 0 Å². The molecule has 4 aliphatic heterocycles. The summed E-state index contributed by atoms with van der Waals surface area (Å²) in [6.07, 6.45) is 3.68. The molecule has 2 aromatic heterocycles. The third-order valence-corrected chi connectivity index (χ3v) is 8.44. The Morgan fingerprint density at radius 1 is 1.05 bits per heavy atom. The van der Waals surface area contributed by atoms with Crippen LogP contribution in [0.25, 0.3) is 11.0 Å². The van der Waals surface area contributed by atoms with Crippen LogP contribution in [0.15, 0.2) is 47.5 Å². The second-order valence-corrected chi connectivity index (χ2v) is 10.9. The first-order valence-electron chi connectivity index (χ1n) is 13.5. The molecular weight excluding hydrogens is 510 g/mol. The standard InChI is InChI=1S/C28H29F4N7/c29-20-10-18(11-23-27(20)35-25-6-4-22(28(31)32)39(23)25)26-21(30)15-38(16-34-26)24-5-3-17(12-33-24)13-36-8-9-37-7-1-2-19(37)14-36/h3,5,10-12,15,19,22,28H,1-2,4,6-9,13-14,16H2/t19-,22+/m1/s1. The van der Waals surface area contributed by atoms with Gasteiger partial charge in [-0.2, -0.15) is 0 Å². The number of nitrogens with zero attached hydrogens (tertiary/aromatic N) is 7. The molecule has 11 heteroatoms. The fourth-order valence-electron chi connectivity index (χ4n) is 6.50. The van der Waals surface area contributed by atoms with Crippen LogP contribution < -0.4 is 4.90 Å². The van der Waals surface area contributed by atoms with Crippen molar-refractivity contribution in [2.75, 3.05) is 37.7 Å². The van der Waals surface area contributed by atoms with Crippen LogP contribution in [-0.4, -0.2) is 75.4 Å². The van der Waals surface area contributed by atoms with E-state index in [1.807, 2.05) is 18.3 Å². The maximum Gasteiger partial charge on any atom is 0.259 e. The zero-order valence-electron chi connectivity index (χ0n) is 21.4. The Morgan fingerprint density at radius 2 is 1.95 bits per heavy atom. The number of fused-ring (bicyclic) bond motifs is 4. The van der Waals surface area contributed by atoms with Crippen molar-refractivity contribution in [3.8, 4) is 0 Å². The lowest BCUT2D eigenvalue weighted by Crippen LogP contribution is -2.49. The predicted molar refractivity (Wildman–Crippen MR) is 140 cm³/mol. The average molecular weight is 540 g/mol. The minimum Gasteiger partial charge on any atom is -0.319 e. The van der Waals surface area contributed by atoms with Crippen LogP contribution in [0.4, 0.5) is 23.4 Å². The number of aromatic nitrogens is 3. The lowest BCUT2D eigenvalue weighted by atomic mass is 10.1. The molecule has 0 spiro atoms. The highest BCUT2D eigenvalue weighted by atomic mass is 19.3. The minimum atomic E-state index is -2.59. The minimum absolute atomic E-state index is 0.0168. The molecule has 0 amide bonds. The van der Waals surface area contributed by atoms with Gasteiger partial charge in [0.25, 0.3) is 6.43 Å². The number of hydrogen-bond acceptors (Lipinski definition) is 6. The Balaban J connectivity index is 1.07. The lowest BCUT2D eigenvalue weighted by Gasteiger charge is -2.37. The van der Waals surface area contributed by atoms with E-state index in [1.165, 1.54) is 42.3 Å². The normalized spacial score (nSPS) is 23.9. The van der Waals surface area contributed by atoms with Crippen molar-refractivity contribution in [1.82, 2.24) is 24.3 Å². The van der Waals surface area contributed by atoms with Gasteiger partial charge in [-0.1, -0.05) is 6.07 Å². The number of piperazine rings is 1. The lowest BCUT2D eigenvalue weighted by molar-refractivity contribution is 0.0883. The third-order valence-electron chi connectivity index (χ3n) is 8.44. The van der Waals surface area contributed by atoms with E-state index in [0.29, 0.717) is 24.1 Å². The zero-order valence-corrected chi connectivity index (χ0v) is 21.4. The molecule has 0 aliphatic carbocycles. The van der Waals surface area contributed by atoms with E-state index in [9.17, 15) is 13.2 Å². The highest BCUT2D eigenvalue weighted by molar-refractivity contribution is 6.13. The van der Waals surface area contributed by atoms with Crippen molar-refractivity contribution in [2.45, 2.75) is 50.7 Å². The smallest absolute Gasteiger partial charge is 0.259 e. The quantitative estimate of drug-likeness (QED) is 0.441. The number of pyridine rings is 1. The van der Waals surface area contributed by atoms with Crippen LogP contribution in [0.2, 0.25) is 0 Å². The van der Waals surface area contributed by atoms with Crippen LogP contribution in [0.3, 0.4) is 0 Å². The number of halogens is 4.